The third kappa shape index (κ3) is 3.12. The molecule has 0 spiro atoms. The molecule has 0 unspecified atom stereocenters. The smallest absolute Gasteiger partial charge is 0.230 e. The third-order valence-corrected chi connectivity index (χ3v) is 4.15. The molecule has 1 aromatic heterocycles. The highest BCUT2D eigenvalue weighted by Crippen LogP contribution is 2.33. The van der Waals surface area contributed by atoms with Gasteiger partial charge in [0.05, 0.1) is 5.41 Å². The largest absolute Gasteiger partial charge is 0.358 e. The number of aryl methyl sites for hydroxylation is 1. The van der Waals surface area contributed by atoms with E-state index in [0.717, 1.165) is 41.5 Å². The third-order valence-electron chi connectivity index (χ3n) is 4.15. The van der Waals surface area contributed by atoms with Crippen molar-refractivity contribution in [2.45, 2.75) is 52.4 Å². The molecule has 3 heteroatoms. The van der Waals surface area contributed by atoms with E-state index >= 15 is 0 Å². The summed E-state index contributed by atoms with van der Waals surface area (Å²) < 4.78 is 0. The Hall–Kier alpha value is -1.77. The average molecular weight is 286 g/mol. The van der Waals surface area contributed by atoms with Gasteiger partial charge in [0, 0.05) is 23.1 Å². The molecule has 0 aliphatic carbocycles. The summed E-state index contributed by atoms with van der Waals surface area (Å²) in [5, 5.41) is 4.23. The van der Waals surface area contributed by atoms with Gasteiger partial charge in [0.25, 0.3) is 0 Å². The highest BCUT2D eigenvalue weighted by molar-refractivity contribution is 5.95. The number of unbranched alkanes of at least 4 members (excludes halogenated alkanes) is 2. The highest BCUT2D eigenvalue weighted by atomic mass is 16.2. The first-order valence-corrected chi connectivity index (χ1v) is 7.84. The summed E-state index contributed by atoms with van der Waals surface area (Å²) in [6.07, 6.45) is 3.37. The number of benzene rings is 1. The molecule has 2 aromatic rings. The lowest BCUT2D eigenvalue weighted by atomic mass is 9.81. The summed E-state index contributed by atoms with van der Waals surface area (Å²) >= 11 is 0. The molecular weight excluding hydrogens is 260 g/mol. The Kier molecular flexibility index (Phi) is 4.71. The van der Waals surface area contributed by atoms with E-state index in [0.29, 0.717) is 0 Å². The molecule has 1 heterocycles. The maximum Gasteiger partial charge on any atom is 0.230 e. The lowest BCUT2D eigenvalue weighted by Gasteiger charge is -2.24. The predicted molar refractivity (Wildman–Crippen MR) is 88.6 cm³/mol. The van der Waals surface area contributed by atoms with Gasteiger partial charge < -0.3 is 10.3 Å². The second kappa shape index (κ2) is 6.33. The van der Waals surface area contributed by atoms with Gasteiger partial charge in [-0.1, -0.05) is 38.0 Å². The molecule has 3 nitrogen and oxygen atoms in total. The maximum absolute atomic E-state index is 12.6. The van der Waals surface area contributed by atoms with Gasteiger partial charge in [0.1, 0.15) is 0 Å². The molecule has 1 aromatic carbocycles. The van der Waals surface area contributed by atoms with Crippen molar-refractivity contribution in [3.8, 4) is 0 Å². The van der Waals surface area contributed by atoms with Gasteiger partial charge in [-0.15, -0.1) is 0 Å². The summed E-state index contributed by atoms with van der Waals surface area (Å²) in [6, 6.07) is 8.18. The fourth-order valence-corrected chi connectivity index (χ4v) is 2.99. The highest BCUT2D eigenvalue weighted by Gasteiger charge is 2.33. The second-order valence-corrected chi connectivity index (χ2v) is 6.26. The van der Waals surface area contributed by atoms with Crippen LogP contribution < -0.4 is 5.32 Å². The number of nitrogens with one attached hydrogen (secondary N) is 2. The van der Waals surface area contributed by atoms with Crippen molar-refractivity contribution in [3.63, 3.8) is 0 Å². The van der Waals surface area contributed by atoms with Gasteiger partial charge in [-0.25, -0.2) is 0 Å². The molecule has 114 valence electrons. The Morgan fingerprint density at radius 2 is 1.95 bits per heavy atom. The van der Waals surface area contributed by atoms with E-state index in [1.807, 2.05) is 32.9 Å². The van der Waals surface area contributed by atoms with Crippen LogP contribution in [0.2, 0.25) is 0 Å². The number of para-hydroxylation sites is 1. The minimum Gasteiger partial charge on any atom is -0.358 e. The predicted octanol–water partition coefficient (Wildman–Crippen LogP) is 4.06. The molecule has 0 saturated carbocycles. The summed E-state index contributed by atoms with van der Waals surface area (Å²) in [5.74, 6) is 0.103. The van der Waals surface area contributed by atoms with Gasteiger partial charge in [-0.3, -0.25) is 4.79 Å². The van der Waals surface area contributed by atoms with Crippen molar-refractivity contribution in [3.05, 3.63) is 35.5 Å². The zero-order valence-corrected chi connectivity index (χ0v) is 13.5. The number of H-pyrrole nitrogens is 1. The van der Waals surface area contributed by atoms with E-state index in [1.54, 1.807) is 0 Å². The molecule has 0 aliphatic heterocycles. The number of aromatic nitrogens is 1. The number of fused-ring (bicyclic) bond motifs is 1. The van der Waals surface area contributed by atoms with E-state index in [2.05, 4.69) is 29.4 Å². The molecule has 2 rings (SSSR count). The molecule has 0 radical (unpaired) electrons. The first-order valence-electron chi connectivity index (χ1n) is 7.84. The fraction of sp³-hybridized carbons (Fsp3) is 0.500. The number of rotatable bonds is 6. The van der Waals surface area contributed by atoms with E-state index in [-0.39, 0.29) is 5.91 Å². The number of hydrogen-bond acceptors (Lipinski definition) is 1. The molecule has 1 amide bonds. The van der Waals surface area contributed by atoms with Crippen molar-refractivity contribution in [2.75, 3.05) is 6.54 Å². The Balaban J connectivity index is 2.24. The Labute approximate surface area is 127 Å². The van der Waals surface area contributed by atoms with Gasteiger partial charge in [-0.05, 0) is 38.8 Å². The van der Waals surface area contributed by atoms with Crippen LogP contribution in [0.5, 0.6) is 0 Å². The summed E-state index contributed by atoms with van der Waals surface area (Å²) in [6.45, 7) is 8.98. The van der Waals surface area contributed by atoms with Crippen LogP contribution in [-0.2, 0) is 10.2 Å². The first kappa shape index (κ1) is 15.6. The van der Waals surface area contributed by atoms with Crippen molar-refractivity contribution in [1.82, 2.24) is 10.3 Å². The van der Waals surface area contributed by atoms with Gasteiger partial charge in [0.15, 0.2) is 0 Å². The minimum atomic E-state index is -0.532. The Morgan fingerprint density at radius 3 is 2.67 bits per heavy atom. The van der Waals surface area contributed by atoms with Gasteiger partial charge in [-0.2, -0.15) is 0 Å². The normalized spacial score (nSPS) is 11.8. The average Bonchev–Trinajstić information content (AvgIpc) is 2.79. The number of carbonyl (C=O) groups is 1. The van der Waals surface area contributed by atoms with E-state index < -0.39 is 5.41 Å². The van der Waals surface area contributed by atoms with Crippen LogP contribution in [0.15, 0.2) is 24.3 Å². The van der Waals surface area contributed by atoms with Crippen LogP contribution in [-0.4, -0.2) is 17.4 Å². The van der Waals surface area contributed by atoms with Crippen LogP contribution in [0.4, 0.5) is 0 Å². The van der Waals surface area contributed by atoms with E-state index in [4.69, 9.17) is 0 Å². The zero-order chi connectivity index (χ0) is 15.5. The number of hydrogen-bond donors (Lipinski definition) is 2. The summed E-state index contributed by atoms with van der Waals surface area (Å²) in [5.41, 5.74) is 2.74. The lowest BCUT2D eigenvalue weighted by molar-refractivity contribution is -0.125. The van der Waals surface area contributed by atoms with Crippen molar-refractivity contribution in [1.29, 1.82) is 0 Å². The molecule has 0 bridgehead atoms. The number of carbonyl (C=O) groups excluding carboxylic acids is 1. The van der Waals surface area contributed by atoms with Crippen LogP contribution in [0.1, 0.15) is 51.3 Å². The number of aromatic amines is 1. The summed E-state index contributed by atoms with van der Waals surface area (Å²) in [7, 11) is 0. The fourth-order valence-electron chi connectivity index (χ4n) is 2.99. The second-order valence-electron chi connectivity index (χ2n) is 6.26. The van der Waals surface area contributed by atoms with Crippen molar-refractivity contribution < 1.29 is 4.79 Å². The number of amides is 1. The monoisotopic (exact) mass is 286 g/mol. The van der Waals surface area contributed by atoms with Gasteiger partial charge >= 0.3 is 0 Å². The Bertz CT molecular complexity index is 625. The first-order chi connectivity index (χ1) is 9.98. The van der Waals surface area contributed by atoms with E-state index in [9.17, 15) is 4.79 Å². The lowest BCUT2D eigenvalue weighted by Crippen LogP contribution is -2.40. The molecule has 21 heavy (non-hydrogen) atoms. The summed E-state index contributed by atoms with van der Waals surface area (Å²) in [4.78, 5) is 16.0. The zero-order valence-electron chi connectivity index (χ0n) is 13.5. The minimum absolute atomic E-state index is 0.103. The standard InChI is InChI=1S/C18H26N2O/c1-5-6-9-12-19-17(21)18(3,4)16-13(2)20-15-11-8-7-10-14(15)16/h7-8,10-11,20H,5-6,9,12H2,1-4H3,(H,19,21). The molecule has 0 fully saturated rings. The SMILES string of the molecule is CCCCCNC(=O)C(C)(C)c1c(C)[nH]c2ccccc12. The topological polar surface area (TPSA) is 44.9 Å². The van der Waals surface area contributed by atoms with Crippen molar-refractivity contribution in [2.24, 2.45) is 0 Å². The van der Waals surface area contributed by atoms with Crippen molar-refractivity contribution >= 4 is 16.8 Å². The van der Waals surface area contributed by atoms with Crippen LogP contribution in [0, 0.1) is 6.92 Å². The molecule has 0 atom stereocenters. The van der Waals surface area contributed by atoms with Crippen LogP contribution >= 0.6 is 0 Å². The Morgan fingerprint density at radius 1 is 1.24 bits per heavy atom. The maximum atomic E-state index is 12.6. The molecule has 0 aliphatic rings. The van der Waals surface area contributed by atoms with Gasteiger partial charge in [0.2, 0.25) is 5.91 Å². The molecule has 0 saturated heterocycles. The van der Waals surface area contributed by atoms with Crippen LogP contribution in [0.25, 0.3) is 10.9 Å². The van der Waals surface area contributed by atoms with Crippen LogP contribution in [0.3, 0.4) is 0 Å². The molecular formula is C18H26N2O. The molecule has 2 N–H and O–H groups in total. The quantitative estimate of drug-likeness (QED) is 0.773. The van der Waals surface area contributed by atoms with E-state index in [1.165, 1.54) is 6.42 Å².